The predicted molar refractivity (Wildman–Crippen MR) is 83.7 cm³/mol. The van der Waals surface area contributed by atoms with Gasteiger partial charge in [0.25, 0.3) is 0 Å². The SMILES string of the molecule is Cc1nc(N[C@H]2COC[C@@H]2N2CCCCC2)nc(C)c1C. The first-order valence-electron chi connectivity index (χ1n) is 8.05. The number of aromatic nitrogens is 2. The molecule has 0 aromatic carbocycles. The van der Waals surface area contributed by atoms with Gasteiger partial charge in [-0.05, 0) is 52.3 Å². The van der Waals surface area contributed by atoms with Gasteiger partial charge in [0.1, 0.15) is 0 Å². The average Bonchev–Trinajstić information content (AvgIpc) is 2.94. The Morgan fingerprint density at radius 3 is 2.33 bits per heavy atom. The van der Waals surface area contributed by atoms with Crippen LogP contribution in [0, 0.1) is 20.8 Å². The van der Waals surface area contributed by atoms with Crippen molar-refractivity contribution in [3.05, 3.63) is 17.0 Å². The van der Waals surface area contributed by atoms with Crippen molar-refractivity contribution in [3.8, 4) is 0 Å². The lowest BCUT2D eigenvalue weighted by molar-refractivity contribution is 0.127. The van der Waals surface area contributed by atoms with Crippen LogP contribution < -0.4 is 5.32 Å². The van der Waals surface area contributed by atoms with Crippen molar-refractivity contribution in [2.75, 3.05) is 31.6 Å². The first kappa shape index (κ1) is 14.7. The van der Waals surface area contributed by atoms with Crippen molar-refractivity contribution < 1.29 is 4.74 Å². The minimum atomic E-state index is 0.296. The summed E-state index contributed by atoms with van der Waals surface area (Å²) in [6.45, 7) is 10.1. The lowest BCUT2D eigenvalue weighted by atomic mass is 10.1. The zero-order valence-corrected chi connectivity index (χ0v) is 13.4. The van der Waals surface area contributed by atoms with E-state index in [0.29, 0.717) is 12.1 Å². The lowest BCUT2D eigenvalue weighted by Gasteiger charge is -2.34. The first-order valence-corrected chi connectivity index (χ1v) is 8.05. The minimum Gasteiger partial charge on any atom is -0.378 e. The maximum atomic E-state index is 5.72. The average molecular weight is 290 g/mol. The van der Waals surface area contributed by atoms with Crippen LogP contribution in [0.1, 0.15) is 36.2 Å². The second-order valence-electron chi connectivity index (χ2n) is 6.30. The molecule has 0 radical (unpaired) electrons. The Morgan fingerprint density at radius 1 is 1.00 bits per heavy atom. The summed E-state index contributed by atoms with van der Waals surface area (Å²) in [5.74, 6) is 0.744. The van der Waals surface area contributed by atoms with Crippen LogP contribution in [-0.4, -0.2) is 53.3 Å². The smallest absolute Gasteiger partial charge is 0.223 e. The first-order chi connectivity index (χ1) is 10.1. The van der Waals surface area contributed by atoms with Crippen LogP contribution >= 0.6 is 0 Å². The van der Waals surface area contributed by atoms with Gasteiger partial charge in [0.05, 0.1) is 25.3 Å². The highest BCUT2D eigenvalue weighted by Crippen LogP contribution is 2.21. The molecule has 0 unspecified atom stereocenters. The van der Waals surface area contributed by atoms with Gasteiger partial charge in [0.2, 0.25) is 5.95 Å². The Hall–Kier alpha value is -1.20. The molecule has 1 N–H and O–H groups in total. The largest absolute Gasteiger partial charge is 0.378 e. The Bertz CT molecular complexity index is 476. The van der Waals surface area contributed by atoms with Crippen molar-refractivity contribution in [1.29, 1.82) is 0 Å². The Kier molecular flexibility index (Phi) is 4.40. The van der Waals surface area contributed by atoms with E-state index in [1.165, 1.54) is 37.9 Å². The highest BCUT2D eigenvalue weighted by Gasteiger charge is 2.34. The Labute approximate surface area is 127 Å². The molecule has 116 valence electrons. The molecule has 5 nitrogen and oxygen atoms in total. The van der Waals surface area contributed by atoms with Gasteiger partial charge in [0.15, 0.2) is 0 Å². The molecular formula is C16H26N4O. The van der Waals surface area contributed by atoms with E-state index >= 15 is 0 Å². The topological polar surface area (TPSA) is 50.3 Å². The second kappa shape index (κ2) is 6.28. The highest BCUT2D eigenvalue weighted by molar-refractivity contribution is 5.34. The molecule has 3 heterocycles. The van der Waals surface area contributed by atoms with E-state index in [-0.39, 0.29) is 0 Å². The van der Waals surface area contributed by atoms with Crippen molar-refractivity contribution in [1.82, 2.24) is 14.9 Å². The van der Waals surface area contributed by atoms with E-state index in [1.807, 2.05) is 13.8 Å². The van der Waals surface area contributed by atoms with Crippen molar-refractivity contribution >= 4 is 5.95 Å². The van der Waals surface area contributed by atoms with E-state index < -0.39 is 0 Å². The zero-order chi connectivity index (χ0) is 14.8. The fourth-order valence-electron chi connectivity index (χ4n) is 3.29. The number of aryl methyl sites for hydroxylation is 2. The van der Waals surface area contributed by atoms with Crippen LogP contribution in [0.3, 0.4) is 0 Å². The number of hydrogen-bond donors (Lipinski definition) is 1. The Morgan fingerprint density at radius 2 is 1.67 bits per heavy atom. The number of anilines is 1. The van der Waals surface area contributed by atoms with Crippen LogP contribution in [0.4, 0.5) is 5.95 Å². The summed E-state index contributed by atoms with van der Waals surface area (Å²) in [5.41, 5.74) is 3.28. The molecule has 0 amide bonds. The van der Waals surface area contributed by atoms with Crippen molar-refractivity contribution in [2.45, 2.75) is 52.1 Å². The normalized spacial score (nSPS) is 27.0. The quantitative estimate of drug-likeness (QED) is 0.923. The van der Waals surface area contributed by atoms with Crippen LogP contribution in [0.5, 0.6) is 0 Å². The molecular weight excluding hydrogens is 264 g/mol. The predicted octanol–water partition coefficient (Wildman–Crippen LogP) is 2.07. The summed E-state index contributed by atoms with van der Waals surface area (Å²) >= 11 is 0. The molecule has 0 bridgehead atoms. The van der Waals surface area contributed by atoms with Crippen LogP contribution in [0.2, 0.25) is 0 Å². The summed E-state index contributed by atoms with van der Waals surface area (Å²) in [6, 6.07) is 0.750. The van der Waals surface area contributed by atoms with Crippen LogP contribution in [0.25, 0.3) is 0 Å². The maximum Gasteiger partial charge on any atom is 0.223 e. The molecule has 5 heteroatoms. The zero-order valence-electron chi connectivity index (χ0n) is 13.4. The molecule has 2 fully saturated rings. The molecule has 0 spiro atoms. The van der Waals surface area contributed by atoms with E-state index in [9.17, 15) is 0 Å². The van der Waals surface area contributed by atoms with E-state index in [0.717, 1.165) is 30.5 Å². The third-order valence-corrected chi connectivity index (χ3v) is 4.86. The summed E-state index contributed by atoms with van der Waals surface area (Å²) in [6.07, 6.45) is 3.98. The number of hydrogen-bond acceptors (Lipinski definition) is 5. The molecule has 1 aromatic rings. The number of ether oxygens (including phenoxy) is 1. The lowest BCUT2D eigenvalue weighted by Crippen LogP contribution is -2.48. The van der Waals surface area contributed by atoms with Crippen molar-refractivity contribution in [2.24, 2.45) is 0 Å². The molecule has 0 aliphatic carbocycles. The van der Waals surface area contributed by atoms with Crippen LogP contribution in [0.15, 0.2) is 0 Å². The number of nitrogens with zero attached hydrogens (tertiary/aromatic N) is 3. The van der Waals surface area contributed by atoms with E-state index in [1.54, 1.807) is 0 Å². The van der Waals surface area contributed by atoms with Gasteiger partial charge >= 0.3 is 0 Å². The van der Waals surface area contributed by atoms with E-state index in [2.05, 4.69) is 27.1 Å². The van der Waals surface area contributed by atoms with Gasteiger partial charge in [-0.3, -0.25) is 4.90 Å². The molecule has 0 saturated carbocycles. The monoisotopic (exact) mass is 290 g/mol. The molecule has 21 heavy (non-hydrogen) atoms. The summed E-state index contributed by atoms with van der Waals surface area (Å²) < 4.78 is 5.72. The van der Waals surface area contributed by atoms with Gasteiger partial charge in [0, 0.05) is 11.4 Å². The van der Waals surface area contributed by atoms with Gasteiger partial charge in [-0.25, -0.2) is 9.97 Å². The van der Waals surface area contributed by atoms with Gasteiger partial charge < -0.3 is 10.1 Å². The molecule has 2 atom stereocenters. The summed E-state index contributed by atoms with van der Waals surface area (Å²) in [7, 11) is 0. The van der Waals surface area contributed by atoms with Crippen molar-refractivity contribution in [3.63, 3.8) is 0 Å². The fraction of sp³-hybridized carbons (Fsp3) is 0.750. The third kappa shape index (κ3) is 3.19. The minimum absolute atomic E-state index is 0.296. The molecule has 2 aliphatic rings. The number of rotatable bonds is 3. The second-order valence-corrected chi connectivity index (χ2v) is 6.30. The molecule has 1 aromatic heterocycles. The van der Waals surface area contributed by atoms with Gasteiger partial charge in [-0.1, -0.05) is 6.42 Å². The van der Waals surface area contributed by atoms with Crippen LogP contribution in [-0.2, 0) is 4.74 Å². The third-order valence-electron chi connectivity index (χ3n) is 4.86. The number of piperidine rings is 1. The number of nitrogens with one attached hydrogen (secondary N) is 1. The van der Waals surface area contributed by atoms with Gasteiger partial charge in [-0.15, -0.1) is 0 Å². The van der Waals surface area contributed by atoms with E-state index in [4.69, 9.17) is 4.74 Å². The summed E-state index contributed by atoms with van der Waals surface area (Å²) in [5, 5.41) is 3.51. The van der Waals surface area contributed by atoms with Gasteiger partial charge in [-0.2, -0.15) is 0 Å². The maximum absolute atomic E-state index is 5.72. The molecule has 3 rings (SSSR count). The fourth-order valence-corrected chi connectivity index (χ4v) is 3.29. The standard InChI is InChI=1S/C16H26N4O/c1-11-12(2)17-16(18-13(11)3)19-14-9-21-10-15(14)20-7-5-4-6-8-20/h14-15H,4-10H2,1-3H3,(H,17,18,19)/t14-,15-/m0/s1. The highest BCUT2D eigenvalue weighted by atomic mass is 16.5. The number of likely N-dealkylation sites (tertiary alicyclic amines) is 1. The Balaban J connectivity index is 1.71. The molecule has 2 saturated heterocycles. The summed E-state index contributed by atoms with van der Waals surface area (Å²) in [4.78, 5) is 11.7. The molecule has 2 aliphatic heterocycles.